The Morgan fingerprint density at radius 3 is 2.55 bits per heavy atom. The number of hydrogen-bond acceptors (Lipinski definition) is 6. The number of halogens is 5. The number of rotatable bonds is 14. The van der Waals surface area contributed by atoms with Gasteiger partial charge in [-0.25, -0.2) is 8.78 Å². The van der Waals surface area contributed by atoms with Gasteiger partial charge in [-0.05, 0) is 66.8 Å². The number of fused-ring (bicyclic) bond motifs is 1. The summed E-state index contributed by atoms with van der Waals surface area (Å²) in [5, 5.41) is 13.8. The summed E-state index contributed by atoms with van der Waals surface area (Å²) in [6, 6.07) is 7.81. The number of benzene rings is 2. The highest BCUT2D eigenvalue weighted by Gasteiger charge is 2.33. The van der Waals surface area contributed by atoms with E-state index in [-0.39, 0.29) is 17.8 Å². The van der Waals surface area contributed by atoms with E-state index in [1.807, 2.05) is 0 Å². The zero-order valence-electron chi connectivity index (χ0n) is 21.9. The Morgan fingerprint density at radius 2 is 1.80 bits per heavy atom. The van der Waals surface area contributed by atoms with E-state index in [1.54, 1.807) is 43.7 Å². The molecule has 4 aromatic rings. The van der Waals surface area contributed by atoms with Crippen molar-refractivity contribution in [1.82, 2.24) is 20.5 Å². The van der Waals surface area contributed by atoms with Crippen LogP contribution in [-0.2, 0) is 17.7 Å². The summed E-state index contributed by atoms with van der Waals surface area (Å²) in [5.41, 5.74) is 2.93. The van der Waals surface area contributed by atoms with Crippen molar-refractivity contribution in [2.24, 2.45) is 0 Å². The number of anilines is 1. The molecule has 2 heterocycles. The van der Waals surface area contributed by atoms with E-state index in [0.29, 0.717) is 60.4 Å². The van der Waals surface area contributed by atoms with Crippen LogP contribution in [0.15, 0.2) is 48.9 Å². The summed E-state index contributed by atoms with van der Waals surface area (Å²) in [6.07, 6.45) is 1.65. The molecule has 214 valence electrons. The lowest BCUT2D eigenvalue weighted by atomic mass is 10.0. The van der Waals surface area contributed by atoms with E-state index >= 15 is 0 Å². The van der Waals surface area contributed by atoms with Gasteiger partial charge in [0.15, 0.2) is 17.4 Å². The van der Waals surface area contributed by atoms with Crippen LogP contribution < -0.4 is 15.4 Å². The molecule has 4 rings (SSSR count). The highest BCUT2D eigenvalue weighted by Crippen LogP contribution is 2.33. The van der Waals surface area contributed by atoms with Gasteiger partial charge in [-0.3, -0.25) is 10.1 Å². The predicted molar refractivity (Wildman–Crippen MR) is 142 cm³/mol. The van der Waals surface area contributed by atoms with Crippen LogP contribution in [0.2, 0.25) is 0 Å². The number of nitrogens with zero attached hydrogens (tertiary/aromatic N) is 2. The lowest BCUT2D eigenvalue weighted by Gasteiger charge is -2.15. The molecule has 0 saturated carbocycles. The minimum absolute atomic E-state index is 0.166. The standard InChI is InChI=1S/C28H30F5N5O2/c1-2-19-13-18(14-23(29)27(19)40-28(31,32)33)16-35-7-3-4-11-39-12-10-36-24-15-21(20-5-8-34-9-6-20)25(30)26-22(24)17-37-38-26/h5-6,8-9,13-15,17,35-36H,2-4,7,10-12,16H2,1H3,(H,37,38). The van der Waals surface area contributed by atoms with Gasteiger partial charge in [-0.2, -0.15) is 5.10 Å². The number of nitrogens with one attached hydrogen (secondary N) is 3. The molecule has 12 heteroatoms. The molecule has 0 unspecified atom stereocenters. The van der Waals surface area contributed by atoms with Crippen molar-refractivity contribution >= 4 is 16.6 Å². The van der Waals surface area contributed by atoms with Crippen LogP contribution in [0.25, 0.3) is 22.0 Å². The Labute approximate surface area is 228 Å². The molecule has 3 N–H and O–H groups in total. The van der Waals surface area contributed by atoms with Crippen LogP contribution in [0, 0.1) is 11.6 Å². The molecular weight excluding hydrogens is 533 g/mol. The first kappa shape index (κ1) is 29.2. The summed E-state index contributed by atoms with van der Waals surface area (Å²) in [7, 11) is 0. The minimum Gasteiger partial charge on any atom is -0.402 e. The average Bonchev–Trinajstić information content (AvgIpc) is 3.43. The van der Waals surface area contributed by atoms with Gasteiger partial charge in [0.1, 0.15) is 5.52 Å². The molecule has 0 aliphatic rings. The molecule has 40 heavy (non-hydrogen) atoms. The molecule has 0 amide bonds. The largest absolute Gasteiger partial charge is 0.573 e. The third-order valence-corrected chi connectivity index (χ3v) is 6.23. The van der Waals surface area contributed by atoms with E-state index in [1.165, 1.54) is 6.07 Å². The fourth-order valence-corrected chi connectivity index (χ4v) is 4.32. The molecule has 0 spiro atoms. The maximum atomic E-state index is 15.0. The SMILES string of the molecule is CCc1cc(CNCCCCOCCNc2cc(-c3ccncc3)c(F)c3[nH]ncc23)cc(F)c1OC(F)(F)F. The Balaban J connectivity index is 1.16. The number of H-pyrrole nitrogens is 1. The molecule has 0 saturated heterocycles. The zero-order chi connectivity index (χ0) is 28.5. The highest BCUT2D eigenvalue weighted by molar-refractivity contribution is 5.95. The quantitative estimate of drug-likeness (QED) is 0.122. The molecule has 7 nitrogen and oxygen atoms in total. The summed E-state index contributed by atoms with van der Waals surface area (Å²) >= 11 is 0. The lowest BCUT2D eigenvalue weighted by molar-refractivity contribution is -0.275. The fraction of sp³-hybridized carbons (Fsp3) is 0.357. The van der Waals surface area contributed by atoms with Crippen LogP contribution in [0.1, 0.15) is 30.9 Å². The molecular formula is C28H30F5N5O2. The van der Waals surface area contributed by atoms with Gasteiger partial charge in [0, 0.05) is 48.7 Å². The topological polar surface area (TPSA) is 84.1 Å². The molecule has 0 bridgehead atoms. The first-order valence-corrected chi connectivity index (χ1v) is 12.9. The van der Waals surface area contributed by atoms with Crippen molar-refractivity contribution in [2.45, 2.75) is 39.1 Å². The van der Waals surface area contributed by atoms with Crippen LogP contribution >= 0.6 is 0 Å². The van der Waals surface area contributed by atoms with Gasteiger partial charge >= 0.3 is 6.36 Å². The van der Waals surface area contributed by atoms with Crippen LogP contribution in [-0.4, -0.2) is 47.8 Å². The minimum atomic E-state index is -4.94. The van der Waals surface area contributed by atoms with E-state index in [0.717, 1.165) is 24.6 Å². The van der Waals surface area contributed by atoms with E-state index in [9.17, 15) is 22.0 Å². The Bertz CT molecular complexity index is 1400. The van der Waals surface area contributed by atoms with Crippen LogP contribution in [0.5, 0.6) is 5.75 Å². The van der Waals surface area contributed by atoms with Crippen molar-refractivity contribution < 1.29 is 31.4 Å². The van der Waals surface area contributed by atoms with E-state index in [4.69, 9.17) is 4.74 Å². The van der Waals surface area contributed by atoms with E-state index < -0.39 is 17.9 Å². The summed E-state index contributed by atoms with van der Waals surface area (Å²) < 4.78 is 76.3. The number of hydrogen-bond donors (Lipinski definition) is 3. The molecule has 2 aromatic carbocycles. The molecule has 0 atom stereocenters. The third kappa shape index (κ3) is 7.66. The summed E-state index contributed by atoms with van der Waals surface area (Å²) in [4.78, 5) is 3.98. The second-order valence-corrected chi connectivity index (χ2v) is 9.07. The van der Waals surface area contributed by atoms with Crippen molar-refractivity contribution in [3.63, 3.8) is 0 Å². The van der Waals surface area contributed by atoms with Gasteiger partial charge < -0.3 is 20.1 Å². The van der Waals surface area contributed by atoms with Gasteiger partial charge in [0.05, 0.1) is 12.8 Å². The molecule has 0 aliphatic heterocycles. The second kappa shape index (κ2) is 13.5. The number of pyridine rings is 1. The monoisotopic (exact) mass is 563 g/mol. The van der Waals surface area contributed by atoms with Crippen LogP contribution in [0.4, 0.5) is 27.6 Å². The third-order valence-electron chi connectivity index (χ3n) is 6.23. The molecule has 0 radical (unpaired) electrons. The predicted octanol–water partition coefficient (Wildman–Crippen LogP) is 6.36. The first-order valence-electron chi connectivity index (χ1n) is 12.9. The van der Waals surface area contributed by atoms with Crippen molar-refractivity contribution in [3.8, 4) is 16.9 Å². The average molecular weight is 564 g/mol. The van der Waals surface area contributed by atoms with Crippen molar-refractivity contribution in [3.05, 3.63) is 71.7 Å². The molecule has 0 aliphatic carbocycles. The number of aryl methyl sites for hydroxylation is 1. The van der Waals surface area contributed by atoms with Gasteiger partial charge in [-0.15, -0.1) is 13.2 Å². The Hall–Kier alpha value is -3.77. The lowest BCUT2D eigenvalue weighted by Crippen LogP contribution is -2.20. The number of unbranched alkanes of at least 4 members (excludes halogenated alkanes) is 1. The van der Waals surface area contributed by atoms with Crippen molar-refractivity contribution in [1.29, 1.82) is 0 Å². The second-order valence-electron chi connectivity index (χ2n) is 9.07. The van der Waals surface area contributed by atoms with Gasteiger partial charge in [0.2, 0.25) is 0 Å². The maximum Gasteiger partial charge on any atom is 0.573 e. The van der Waals surface area contributed by atoms with Crippen LogP contribution in [0.3, 0.4) is 0 Å². The number of aromatic amines is 1. The van der Waals surface area contributed by atoms with E-state index in [2.05, 4.69) is 30.6 Å². The Kier molecular flexibility index (Phi) is 9.88. The number of alkyl halides is 3. The molecule has 0 fully saturated rings. The van der Waals surface area contributed by atoms with Gasteiger partial charge in [0.25, 0.3) is 0 Å². The first-order chi connectivity index (χ1) is 19.3. The maximum absolute atomic E-state index is 15.0. The normalized spacial score (nSPS) is 11.8. The smallest absolute Gasteiger partial charge is 0.402 e. The van der Waals surface area contributed by atoms with Gasteiger partial charge in [-0.1, -0.05) is 13.0 Å². The number of aromatic nitrogens is 3. The highest BCUT2D eigenvalue weighted by atomic mass is 19.4. The van der Waals surface area contributed by atoms with Crippen molar-refractivity contribution in [2.75, 3.05) is 31.6 Å². The summed E-state index contributed by atoms with van der Waals surface area (Å²) in [5.74, 6) is -2.18. The summed E-state index contributed by atoms with van der Waals surface area (Å²) in [6.45, 7) is 4.09. The fourth-order valence-electron chi connectivity index (χ4n) is 4.32. The zero-order valence-corrected chi connectivity index (χ0v) is 21.9. The molecule has 2 aromatic heterocycles. The Morgan fingerprint density at radius 1 is 1.00 bits per heavy atom. The number of ether oxygens (including phenoxy) is 2.